The third-order valence-electron chi connectivity index (χ3n) is 4.32. The number of hydrogen-bond donors (Lipinski definition) is 2. The van der Waals surface area contributed by atoms with Crippen molar-refractivity contribution in [3.05, 3.63) is 29.8 Å². The van der Waals surface area contributed by atoms with Crippen LogP contribution in [-0.4, -0.2) is 49.9 Å². The van der Waals surface area contributed by atoms with Crippen LogP contribution in [0, 0.1) is 5.41 Å². The minimum absolute atomic E-state index is 0.0617. The number of nitrogens with one attached hydrogen (secondary N) is 2. The molecule has 1 heterocycles. The number of sulfonamides is 1. The van der Waals surface area contributed by atoms with Crippen molar-refractivity contribution in [1.82, 2.24) is 9.62 Å². The Hall–Kier alpha value is -1.93. The number of amides is 2. The minimum Gasteiger partial charge on any atom is -0.349 e. The number of hydrogen-bond acceptors (Lipinski definition) is 4. The van der Waals surface area contributed by atoms with Crippen LogP contribution < -0.4 is 10.6 Å². The fourth-order valence-electron chi connectivity index (χ4n) is 2.66. The molecule has 0 aliphatic carbocycles. The Labute approximate surface area is 155 Å². The molecule has 0 atom stereocenters. The molecule has 1 aliphatic heterocycles. The highest BCUT2D eigenvalue weighted by Gasteiger charge is 2.26. The highest BCUT2D eigenvalue weighted by Crippen LogP contribution is 2.19. The number of carbonyl (C=O) groups excluding carboxylic acids is 2. The lowest BCUT2D eigenvalue weighted by Crippen LogP contribution is -2.46. The summed E-state index contributed by atoms with van der Waals surface area (Å²) < 4.78 is 24.5. The number of carbonyl (C=O) groups is 2. The van der Waals surface area contributed by atoms with Gasteiger partial charge in [-0.3, -0.25) is 9.59 Å². The fraction of sp³-hybridized carbons (Fsp3) is 0.556. The molecule has 7 nitrogen and oxygen atoms in total. The van der Waals surface area contributed by atoms with Crippen LogP contribution in [0.15, 0.2) is 24.3 Å². The SMILES string of the molecule is CC(C)(C)C(=O)Nc1cccc(C(=O)NC2CCN(S(C)(=O)=O)CC2)c1. The maximum atomic E-state index is 12.5. The van der Waals surface area contributed by atoms with Gasteiger partial charge in [0, 0.05) is 35.8 Å². The maximum absolute atomic E-state index is 12.5. The van der Waals surface area contributed by atoms with Crippen molar-refractivity contribution < 1.29 is 18.0 Å². The van der Waals surface area contributed by atoms with Gasteiger partial charge in [-0.1, -0.05) is 26.8 Å². The molecule has 2 N–H and O–H groups in total. The Kier molecular flexibility index (Phi) is 6.08. The van der Waals surface area contributed by atoms with E-state index >= 15 is 0 Å². The number of anilines is 1. The fourth-order valence-corrected chi connectivity index (χ4v) is 3.53. The molecule has 1 aromatic carbocycles. The molecule has 144 valence electrons. The highest BCUT2D eigenvalue weighted by molar-refractivity contribution is 7.88. The Bertz CT molecular complexity index is 776. The van der Waals surface area contributed by atoms with Crippen LogP contribution in [0.4, 0.5) is 5.69 Å². The third-order valence-corrected chi connectivity index (χ3v) is 5.63. The van der Waals surface area contributed by atoms with Gasteiger partial charge in [0.15, 0.2) is 0 Å². The predicted octanol–water partition coefficient (Wildman–Crippen LogP) is 1.82. The molecule has 2 amide bonds. The van der Waals surface area contributed by atoms with E-state index in [1.54, 1.807) is 24.3 Å². The first kappa shape index (κ1) is 20.4. The second kappa shape index (κ2) is 7.75. The Morgan fingerprint density at radius 3 is 2.31 bits per heavy atom. The van der Waals surface area contributed by atoms with Crippen LogP contribution >= 0.6 is 0 Å². The van der Waals surface area contributed by atoms with E-state index < -0.39 is 15.4 Å². The zero-order valence-electron chi connectivity index (χ0n) is 15.7. The van der Waals surface area contributed by atoms with Gasteiger partial charge in [-0.15, -0.1) is 0 Å². The topological polar surface area (TPSA) is 95.6 Å². The molecule has 0 bridgehead atoms. The summed E-state index contributed by atoms with van der Waals surface area (Å²) in [6.07, 6.45) is 2.36. The van der Waals surface area contributed by atoms with E-state index in [9.17, 15) is 18.0 Å². The summed E-state index contributed by atoms with van der Waals surface area (Å²) in [4.78, 5) is 24.5. The minimum atomic E-state index is -3.18. The van der Waals surface area contributed by atoms with Crippen LogP contribution in [0.2, 0.25) is 0 Å². The van der Waals surface area contributed by atoms with Crippen LogP contribution in [0.1, 0.15) is 44.0 Å². The number of benzene rings is 1. The normalized spacial score (nSPS) is 16.9. The van der Waals surface area contributed by atoms with Gasteiger partial charge in [-0.2, -0.15) is 0 Å². The van der Waals surface area contributed by atoms with Crippen LogP contribution in [0.5, 0.6) is 0 Å². The van der Waals surface area contributed by atoms with Gasteiger partial charge < -0.3 is 10.6 Å². The molecule has 1 aromatic rings. The molecule has 1 fully saturated rings. The second-order valence-electron chi connectivity index (χ2n) is 7.69. The standard InChI is InChI=1S/C18H27N3O4S/c1-18(2,3)17(23)20-15-7-5-6-13(12-15)16(22)19-14-8-10-21(11-9-14)26(4,24)25/h5-7,12,14H,8-11H2,1-4H3,(H,19,22)(H,20,23). The smallest absolute Gasteiger partial charge is 0.251 e. The first-order valence-corrected chi connectivity index (χ1v) is 10.5. The molecule has 8 heteroatoms. The van der Waals surface area contributed by atoms with Crippen molar-refractivity contribution in [3.8, 4) is 0 Å². The maximum Gasteiger partial charge on any atom is 0.251 e. The van der Waals surface area contributed by atoms with Gasteiger partial charge in [0.25, 0.3) is 5.91 Å². The Morgan fingerprint density at radius 2 is 1.77 bits per heavy atom. The van der Waals surface area contributed by atoms with Crippen LogP contribution in [-0.2, 0) is 14.8 Å². The van der Waals surface area contributed by atoms with E-state index in [2.05, 4.69) is 10.6 Å². The lowest BCUT2D eigenvalue weighted by atomic mass is 9.95. The summed E-state index contributed by atoms with van der Waals surface area (Å²) in [6.45, 7) is 6.28. The van der Waals surface area contributed by atoms with Crippen molar-refractivity contribution in [1.29, 1.82) is 0 Å². The van der Waals surface area contributed by atoms with E-state index in [0.717, 1.165) is 0 Å². The summed E-state index contributed by atoms with van der Waals surface area (Å²) in [7, 11) is -3.18. The van der Waals surface area contributed by atoms with E-state index in [1.165, 1.54) is 10.6 Å². The lowest BCUT2D eigenvalue weighted by molar-refractivity contribution is -0.123. The lowest BCUT2D eigenvalue weighted by Gasteiger charge is -2.30. The second-order valence-corrected chi connectivity index (χ2v) is 9.68. The van der Waals surface area contributed by atoms with Crippen LogP contribution in [0.3, 0.4) is 0 Å². The monoisotopic (exact) mass is 381 g/mol. The Morgan fingerprint density at radius 1 is 1.15 bits per heavy atom. The molecule has 0 aromatic heterocycles. The van der Waals surface area contributed by atoms with Crippen LogP contribution in [0.25, 0.3) is 0 Å². The first-order chi connectivity index (χ1) is 12.0. The van der Waals surface area contributed by atoms with Crippen molar-refractivity contribution in [2.45, 2.75) is 39.7 Å². The van der Waals surface area contributed by atoms with E-state index in [0.29, 0.717) is 37.2 Å². The quantitative estimate of drug-likeness (QED) is 0.832. The summed E-state index contributed by atoms with van der Waals surface area (Å²) in [6, 6.07) is 6.73. The molecule has 0 spiro atoms. The number of rotatable bonds is 4. The molecule has 1 saturated heterocycles. The number of nitrogens with zero attached hydrogens (tertiary/aromatic N) is 1. The molecule has 1 aliphatic rings. The average Bonchev–Trinajstić information content (AvgIpc) is 2.54. The van der Waals surface area contributed by atoms with Crippen molar-refractivity contribution in [2.75, 3.05) is 24.7 Å². The van der Waals surface area contributed by atoms with Crippen molar-refractivity contribution in [3.63, 3.8) is 0 Å². The van der Waals surface area contributed by atoms with Gasteiger partial charge in [0.1, 0.15) is 0 Å². The summed E-state index contributed by atoms with van der Waals surface area (Å²) in [5, 5.41) is 5.76. The summed E-state index contributed by atoms with van der Waals surface area (Å²) >= 11 is 0. The molecule has 0 radical (unpaired) electrons. The molecule has 0 unspecified atom stereocenters. The van der Waals surface area contributed by atoms with Gasteiger partial charge in [-0.25, -0.2) is 12.7 Å². The summed E-state index contributed by atoms with van der Waals surface area (Å²) in [5.41, 5.74) is 0.512. The van der Waals surface area contributed by atoms with Gasteiger partial charge in [0.05, 0.1) is 6.26 Å². The van der Waals surface area contributed by atoms with Crippen molar-refractivity contribution in [2.24, 2.45) is 5.41 Å². The van der Waals surface area contributed by atoms with E-state index in [-0.39, 0.29) is 17.9 Å². The van der Waals surface area contributed by atoms with Gasteiger partial charge >= 0.3 is 0 Å². The van der Waals surface area contributed by atoms with Gasteiger partial charge in [-0.05, 0) is 31.0 Å². The zero-order chi connectivity index (χ0) is 19.5. The Balaban J connectivity index is 1.96. The number of piperidine rings is 1. The molecular weight excluding hydrogens is 354 g/mol. The molecular formula is C18H27N3O4S. The van der Waals surface area contributed by atoms with E-state index in [1.807, 2.05) is 20.8 Å². The molecule has 0 saturated carbocycles. The molecule has 26 heavy (non-hydrogen) atoms. The summed E-state index contributed by atoms with van der Waals surface area (Å²) in [5.74, 6) is -0.349. The van der Waals surface area contributed by atoms with E-state index in [4.69, 9.17) is 0 Å². The largest absolute Gasteiger partial charge is 0.349 e. The zero-order valence-corrected chi connectivity index (χ0v) is 16.5. The highest BCUT2D eigenvalue weighted by atomic mass is 32.2. The molecule has 2 rings (SSSR count). The average molecular weight is 381 g/mol. The third kappa shape index (κ3) is 5.54. The predicted molar refractivity (Wildman–Crippen MR) is 101 cm³/mol. The first-order valence-electron chi connectivity index (χ1n) is 8.64. The van der Waals surface area contributed by atoms with Crippen molar-refractivity contribution >= 4 is 27.5 Å². The van der Waals surface area contributed by atoms with Gasteiger partial charge in [0.2, 0.25) is 15.9 Å².